The lowest BCUT2D eigenvalue weighted by molar-refractivity contribution is -0.140. The summed E-state index contributed by atoms with van der Waals surface area (Å²) in [4.78, 5) is 12.2. The van der Waals surface area contributed by atoms with Crippen molar-refractivity contribution in [2.45, 2.75) is 26.7 Å². The van der Waals surface area contributed by atoms with Crippen molar-refractivity contribution in [3.8, 4) is 5.75 Å². The van der Waals surface area contributed by atoms with Crippen molar-refractivity contribution in [3.05, 3.63) is 28.8 Å². The smallest absolute Gasteiger partial charge is 0.314 e. The molecule has 1 aliphatic rings. The molecule has 0 bridgehead atoms. The van der Waals surface area contributed by atoms with Crippen LogP contribution < -0.4 is 4.74 Å². The van der Waals surface area contributed by atoms with Gasteiger partial charge in [0, 0.05) is 18.1 Å². The Kier molecular flexibility index (Phi) is 5.47. The van der Waals surface area contributed by atoms with Crippen LogP contribution in [0.25, 0.3) is 0 Å². The zero-order valence-corrected chi connectivity index (χ0v) is 14.3. The van der Waals surface area contributed by atoms with Crippen LogP contribution in [0, 0.1) is 12.8 Å². The van der Waals surface area contributed by atoms with Gasteiger partial charge in [0.2, 0.25) is 10.0 Å². The molecule has 22 heavy (non-hydrogen) atoms. The third-order valence-corrected chi connectivity index (χ3v) is 6.01. The average molecular weight is 346 g/mol. The summed E-state index contributed by atoms with van der Waals surface area (Å²) in [7, 11) is -3.17. The van der Waals surface area contributed by atoms with Crippen molar-refractivity contribution < 1.29 is 17.9 Å². The molecule has 0 saturated carbocycles. The van der Waals surface area contributed by atoms with Crippen LogP contribution in [0.15, 0.2) is 18.2 Å². The van der Waals surface area contributed by atoms with E-state index in [0.717, 1.165) is 5.56 Å². The second-order valence-electron chi connectivity index (χ2n) is 5.40. The number of sulfonamides is 1. The molecule has 0 unspecified atom stereocenters. The van der Waals surface area contributed by atoms with E-state index in [4.69, 9.17) is 16.3 Å². The Balaban J connectivity index is 1.95. The van der Waals surface area contributed by atoms with Crippen molar-refractivity contribution in [2.24, 2.45) is 5.92 Å². The Bertz CT molecular complexity index is 652. The van der Waals surface area contributed by atoms with Gasteiger partial charge in [-0.2, -0.15) is 0 Å². The molecule has 1 saturated heterocycles. The molecule has 7 heteroatoms. The minimum absolute atomic E-state index is 0.0894. The van der Waals surface area contributed by atoms with Gasteiger partial charge in [0.1, 0.15) is 5.75 Å². The number of carbonyl (C=O) groups excluding carboxylic acids is 1. The molecule has 0 N–H and O–H groups in total. The predicted octanol–water partition coefficient (Wildman–Crippen LogP) is 2.62. The van der Waals surface area contributed by atoms with E-state index in [-0.39, 0.29) is 17.6 Å². The number of carbonyl (C=O) groups is 1. The topological polar surface area (TPSA) is 63.7 Å². The van der Waals surface area contributed by atoms with E-state index in [2.05, 4.69) is 0 Å². The van der Waals surface area contributed by atoms with Gasteiger partial charge >= 0.3 is 5.97 Å². The fourth-order valence-corrected chi connectivity index (χ4v) is 3.83. The first-order valence-electron chi connectivity index (χ1n) is 7.29. The highest BCUT2D eigenvalue weighted by Gasteiger charge is 2.31. The van der Waals surface area contributed by atoms with E-state index in [0.29, 0.717) is 36.7 Å². The zero-order chi connectivity index (χ0) is 16.3. The first-order valence-corrected chi connectivity index (χ1v) is 9.28. The van der Waals surface area contributed by atoms with Gasteiger partial charge < -0.3 is 4.74 Å². The molecule has 1 fully saturated rings. The molecular formula is C15H20ClNO4S. The van der Waals surface area contributed by atoms with Crippen molar-refractivity contribution >= 4 is 27.6 Å². The minimum Gasteiger partial charge on any atom is -0.426 e. The fourth-order valence-electron chi connectivity index (χ4n) is 2.47. The molecule has 0 amide bonds. The number of hydrogen-bond donors (Lipinski definition) is 0. The summed E-state index contributed by atoms with van der Waals surface area (Å²) < 4.78 is 30.5. The van der Waals surface area contributed by atoms with E-state index in [1.165, 1.54) is 4.31 Å². The van der Waals surface area contributed by atoms with E-state index >= 15 is 0 Å². The van der Waals surface area contributed by atoms with Crippen LogP contribution in [0.3, 0.4) is 0 Å². The largest absolute Gasteiger partial charge is 0.426 e. The van der Waals surface area contributed by atoms with Crippen molar-refractivity contribution in [3.63, 3.8) is 0 Å². The molecule has 2 rings (SSSR count). The molecule has 0 radical (unpaired) electrons. The number of benzene rings is 1. The highest BCUT2D eigenvalue weighted by atomic mass is 35.5. The first-order chi connectivity index (χ1) is 10.3. The second-order valence-corrected chi connectivity index (χ2v) is 8.10. The molecule has 1 aromatic carbocycles. The Labute approximate surface area is 136 Å². The van der Waals surface area contributed by atoms with Crippen molar-refractivity contribution in [1.82, 2.24) is 4.31 Å². The zero-order valence-electron chi connectivity index (χ0n) is 12.7. The van der Waals surface area contributed by atoms with Crippen LogP contribution in [0.2, 0.25) is 5.02 Å². The van der Waals surface area contributed by atoms with Gasteiger partial charge in [0.15, 0.2) is 0 Å². The Hall–Kier alpha value is -1.11. The monoisotopic (exact) mass is 345 g/mol. The quantitative estimate of drug-likeness (QED) is 0.621. The molecular weight excluding hydrogens is 326 g/mol. The Morgan fingerprint density at radius 2 is 2.00 bits per heavy atom. The maximum Gasteiger partial charge on any atom is 0.314 e. The van der Waals surface area contributed by atoms with E-state index in [9.17, 15) is 13.2 Å². The summed E-state index contributed by atoms with van der Waals surface area (Å²) in [6.45, 7) is 4.19. The SMILES string of the molecule is CCS(=O)(=O)N1CCC(C(=O)Oc2ccc(Cl)cc2C)CC1. The lowest BCUT2D eigenvalue weighted by atomic mass is 9.98. The lowest BCUT2D eigenvalue weighted by Gasteiger charge is -2.29. The first kappa shape index (κ1) is 17.2. The summed E-state index contributed by atoms with van der Waals surface area (Å²) >= 11 is 5.87. The number of hydrogen-bond acceptors (Lipinski definition) is 4. The highest BCUT2D eigenvalue weighted by Crippen LogP contribution is 2.25. The standard InChI is InChI=1S/C15H20ClNO4S/c1-3-22(19,20)17-8-6-12(7-9-17)15(18)21-14-5-4-13(16)10-11(14)2/h4-5,10,12H,3,6-9H2,1-2H3. The normalized spacial score (nSPS) is 17.4. The van der Waals surface area contributed by atoms with Crippen LogP contribution >= 0.6 is 11.6 Å². The van der Waals surface area contributed by atoms with Gasteiger partial charge in [0.25, 0.3) is 0 Å². The third-order valence-electron chi connectivity index (χ3n) is 3.89. The molecule has 0 aromatic heterocycles. The average Bonchev–Trinajstić information content (AvgIpc) is 2.50. The number of piperidine rings is 1. The molecule has 1 aliphatic heterocycles. The molecule has 1 aromatic rings. The maximum atomic E-state index is 12.2. The predicted molar refractivity (Wildman–Crippen MR) is 85.6 cm³/mol. The van der Waals surface area contributed by atoms with Crippen LogP contribution in [-0.4, -0.2) is 37.5 Å². The van der Waals surface area contributed by atoms with Gasteiger partial charge in [-0.05, 0) is 50.5 Å². The van der Waals surface area contributed by atoms with E-state index in [1.807, 2.05) is 6.92 Å². The van der Waals surface area contributed by atoms with Gasteiger partial charge in [-0.1, -0.05) is 11.6 Å². The molecule has 0 atom stereocenters. The van der Waals surface area contributed by atoms with Crippen LogP contribution in [0.5, 0.6) is 5.75 Å². The van der Waals surface area contributed by atoms with Crippen molar-refractivity contribution in [1.29, 1.82) is 0 Å². The summed E-state index contributed by atoms with van der Waals surface area (Å²) in [6, 6.07) is 5.08. The summed E-state index contributed by atoms with van der Waals surface area (Å²) in [5.74, 6) is 0.0156. The lowest BCUT2D eigenvalue weighted by Crippen LogP contribution is -2.41. The molecule has 5 nitrogen and oxygen atoms in total. The highest BCUT2D eigenvalue weighted by molar-refractivity contribution is 7.89. The Morgan fingerprint density at radius 1 is 1.36 bits per heavy atom. The molecule has 0 aliphatic carbocycles. The molecule has 122 valence electrons. The van der Waals surface area contributed by atoms with Crippen LogP contribution in [0.1, 0.15) is 25.3 Å². The number of ether oxygens (including phenoxy) is 1. The summed E-state index contributed by atoms with van der Waals surface area (Å²) in [6.07, 6.45) is 0.982. The Morgan fingerprint density at radius 3 is 2.55 bits per heavy atom. The number of esters is 1. The molecule has 1 heterocycles. The summed E-state index contributed by atoms with van der Waals surface area (Å²) in [5, 5.41) is 0.593. The fraction of sp³-hybridized carbons (Fsp3) is 0.533. The van der Waals surface area contributed by atoms with Gasteiger partial charge in [-0.15, -0.1) is 0 Å². The number of nitrogens with zero attached hydrogens (tertiary/aromatic N) is 1. The minimum atomic E-state index is -3.17. The van der Waals surface area contributed by atoms with Gasteiger partial charge in [-0.3, -0.25) is 4.79 Å². The van der Waals surface area contributed by atoms with Crippen LogP contribution in [-0.2, 0) is 14.8 Å². The number of aryl methyl sites for hydroxylation is 1. The van der Waals surface area contributed by atoms with E-state index in [1.54, 1.807) is 25.1 Å². The summed E-state index contributed by atoms with van der Waals surface area (Å²) in [5.41, 5.74) is 0.798. The van der Waals surface area contributed by atoms with Crippen LogP contribution in [0.4, 0.5) is 0 Å². The second kappa shape index (κ2) is 6.98. The number of rotatable bonds is 4. The van der Waals surface area contributed by atoms with Gasteiger partial charge in [0.05, 0.1) is 11.7 Å². The van der Waals surface area contributed by atoms with E-state index < -0.39 is 10.0 Å². The maximum absolute atomic E-state index is 12.2. The van der Waals surface area contributed by atoms with Gasteiger partial charge in [-0.25, -0.2) is 12.7 Å². The van der Waals surface area contributed by atoms with Crippen molar-refractivity contribution in [2.75, 3.05) is 18.8 Å². The molecule has 0 spiro atoms. The third kappa shape index (κ3) is 4.00. The number of halogens is 1.